The Morgan fingerprint density at radius 3 is 2.36 bits per heavy atom. The Hall–Kier alpha value is -3.12. The molecule has 0 aliphatic carbocycles. The summed E-state index contributed by atoms with van der Waals surface area (Å²) in [6.45, 7) is 0.129. The molecule has 1 fully saturated rings. The molecule has 4 rings (SSSR count). The third-order valence-corrected chi connectivity index (χ3v) is 5.21. The summed E-state index contributed by atoms with van der Waals surface area (Å²) < 4.78 is 6.25. The van der Waals surface area contributed by atoms with E-state index in [9.17, 15) is 14.7 Å². The Morgan fingerprint density at radius 2 is 1.71 bits per heavy atom. The van der Waals surface area contributed by atoms with Gasteiger partial charge in [0.15, 0.2) is 0 Å². The molecule has 28 heavy (non-hydrogen) atoms. The van der Waals surface area contributed by atoms with E-state index in [-0.39, 0.29) is 17.9 Å². The molecule has 2 aromatic carbocycles. The van der Waals surface area contributed by atoms with Crippen LogP contribution in [0, 0.1) is 0 Å². The largest absolute Gasteiger partial charge is 0.507 e. The molecule has 1 saturated heterocycles. The van der Waals surface area contributed by atoms with E-state index in [4.69, 9.17) is 4.42 Å². The summed E-state index contributed by atoms with van der Waals surface area (Å²) in [4.78, 5) is 27.1. The maximum absolute atomic E-state index is 12.9. The van der Waals surface area contributed by atoms with Crippen LogP contribution in [0.5, 0.6) is 0 Å². The lowest BCUT2D eigenvalue weighted by molar-refractivity contribution is -0.140. The number of likely N-dealkylation sites (tertiary alicyclic amines) is 1. The van der Waals surface area contributed by atoms with Crippen LogP contribution in [0.1, 0.15) is 22.9 Å². The highest BCUT2D eigenvalue weighted by Gasteiger charge is 2.46. The number of aliphatic hydroxyl groups excluding tert-OH is 1. The fourth-order valence-electron chi connectivity index (χ4n) is 3.36. The summed E-state index contributed by atoms with van der Waals surface area (Å²) in [5.74, 6) is -1.000. The molecule has 1 aromatic heterocycles. The second-order valence-electron chi connectivity index (χ2n) is 6.42. The van der Waals surface area contributed by atoms with Gasteiger partial charge in [-0.05, 0) is 29.8 Å². The van der Waals surface area contributed by atoms with Crippen LogP contribution in [0.3, 0.4) is 0 Å². The number of Topliss-reactive ketones (excluding diaryl/α,β-unsaturated/α-hetero) is 1. The van der Waals surface area contributed by atoms with Crippen molar-refractivity contribution in [3.8, 4) is 0 Å². The topological polar surface area (TPSA) is 70.8 Å². The summed E-state index contributed by atoms with van der Waals surface area (Å²) in [7, 11) is 0. The summed E-state index contributed by atoms with van der Waals surface area (Å²) >= 11 is 3.40. The van der Waals surface area contributed by atoms with Gasteiger partial charge in [0.2, 0.25) is 0 Å². The second-order valence-corrected chi connectivity index (χ2v) is 7.34. The first-order chi connectivity index (χ1) is 13.6. The average molecular weight is 438 g/mol. The van der Waals surface area contributed by atoms with Crippen molar-refractivity contribution in [1.82, 2.24) is 4.90 Å². The van der Waals surface area contributed by atoms with Gasteiger partial charge in [0, 0.05) is 10.0 Å². The highest BCUT2D eigenvalue weighted by molar-refractivity contribution is 9.10. The van der Waals surface area contributed by atoms with Crippen molar-refractivity contribution in [3.63, 3.8) is 0 Å². The average Bonchev–Trinajstić information content (AvgIpc) is 3.31. The molecule has 1 aliphatic rings. The Balaban J connectivity index is 1.86. The molecule has 1 N–H and O–H groups in total. The zero-order chi connectivity index (χ0) is 19.7. The van der Waals surface area contributed by atoms with Gasteiger partial charge in [-0.1, -0.05) is 58.4 Å². The zero-order valence-corrected chi connectivity index (χ0v) is 16.3. The maximum atomic E-state index is 12.9. The fraction of sp³-hybridized carbons (Fsp3) is 0.0909. The van der Waals surface area contributed by atoms with E-state index in [1.54, 1.807) is 36.4 Å². The van der Waals surface area contributed by atoms with Gasteiger partial charge in [0.1, 0.15) is 11.5 Å². The van der Waals surface area contributed by atoms with Gasteiger partial charge in [-0.15, -0.1) is 0 Å². The minimum atomic E-state index is -0.710. The molecule has 1 atom stereocenters. The lowest BCUT2D eigenvalue weighted by Gasteiger charge is -2.24. The molecule has 2 heterocycles. The highest BCUT2D eigenvalue weighted by Crippen LogP contribution is 2.40. The van der Waals surface area contributed by atoms with Crippen molar-refractivity contribution in [2.45, 2.75) is 12.6 Å². The van der Waals surface area contributed by atoms with Gasteiger partial charge in [0.25, 0.3) is 11.7 Å². The highest BCUT2D eigenvalue weighted by atomic mass is 79.9. The number of halogens is 1. The van der Waals surface area contributed by atoms with Gasteiger partial charge in [-0.25, -0.2) is 0 Å². The number of rotatable bonds is 4. The quantitative estimate of drug-likeness (QED) is 0.365. The standard InChI is InChI=1S/C22H16BrNO4/c23-16-10-8-14(9-11-16)19-18(20(25)15-5-2-1-3-6-15)21(26)22(27)24(19)13-17-7-4-12-28-17/h1-12,19,25H,13H2/b20-18-. The van der Waals surface area contributed by atoms with E-state index >= 15 is 0 Å². The van der Waals surface area contributed by atoms with Crippen molar-refractivity contribution in [1.29, 1.82) is 0 Å². The molecular formula is C22H16BrNO4. The lowest BCUT2D eigenvalue weighted by atomic mass is 9.95. The number of benzene rings is 2. The van der Waals surface area contributed by atoms with Gasteiger partial charge in [0.05, 0.1) is 24.4 Å². The minimum Gasteiger partial charge on any atom is -0.507 e. The molecule has 1 unspecified atom stereocenters. The van der Waals surface area contributed by atoms with Crippen molar-refractivity contribution >= 4 is 33.4 Å². The summed E-state index contributed by atoms with van der Waals surface area (Å²) in [6.07, 6.45) is 1.52. The lowest BCUT2D eigenvalue weighted by Crippen LogP contribution is -2.29. The number of aliphatic hydroxyl groups is 1. The van der Waals surface area contributed by atoms with Gasteiger partial charge < -0.3 is 14.4 Å². The molecule has 0 bridgehead atoms. The van der Waals surface area contributed by atoms with Crippen LogP contribution < -0.4 is 0 Å². The summed E-state index contributed by atoms with van der Waals surface area (Å²) in [6, 6.07) is 18.8. The zero-order valence-electron chi connectivity index (χ0n) is 14.7. The minimum absolute atomic E-state index is 0.0741. The van der Waals surface area contributed by atoms with E-state index in [2.05, 4.69) is 15.9 Å². The van der Waals surface area contributed by atoms with Crippen molar-refractivity contribution in [2.75, 3.05) is 0 Å². The number of ketones is 1. The normalized spacial score (nSPS) is 18.6. The first kappa shape index (κ1) is 18.3. The Kier molecular flexibility index (Phi) is 4.88. The predicted octanol–water partition coefficient (Wildman–Crippen LogP) is 4.66. The predicted molar refractivity (Wildman–Crippen MR) is 107 cm³/mol. The third-order valence-electron chi connectivity index (χ3n) is 4.68. The first-order valence-corrected chi connectivity index (χ1v) is 9.47. The fourth-order valence-corrected chi connectivity index (χ4v) is 3.62. The number of hydrogen-bond acceptors (Lipinski definition) is 4. The molecule has 0 spiro atoms. The van der Waals surface area contributed by atoms with E-state index in [1.165, 1.54) is 11.2 Å². The monoisotopic (exact) mass is 437 g/mol. The number of nitrogens with zero attached hydrogens (tertiary/aromatic N) is 1. The smallest absolute Gasteiger partial charge is 0.296 e. The van der Waals surface area contributed by atoms with Crippen LogP contribution in [-0.2, 0) is 16.1 Å². The van der Waals surface area contributed by atoms with Crippen LogP contribution >= 0.6 is 15.9 Å². The van der Waals surface area contributed by atoms with Crippen LogP contribution in [0.25, 0.3) is 5.76 Å². The molecule has 1 amide bonds. The molecule has 0 radical (unpaired) electrons. The molecule has 0 saturated carbocycles. The Labute approximate surface area is 170 Å². The van der Waals surface area contributed by atoms with Crippen LogP contribution in [0.2, 0.25) is 0 Å². The number of amides is 1. The van der Waals surface area contributed by atoms with E-state index in [0.717, 1.165) is 10.0 Å². The molecule has 1 aliphatic heterocycles. The number of hydrogen-bond donors (Lipinski definition) is 1. The molecule has 3 aromatic rings. The van der Waals surface area contributed by atoms with Gasteiger partial charge in [-0.2, -0.15) is 0 Å². The molecular weight excluding hydrogens is 422 g/mol. The number of carbonyl (C=O) groups is 2. The Morgan fingerprint density at radius 1 is 1.00 bits per heavy atom. The Bertz CT molecular complexity index is 1040. The number of furan rings is 1. The van der Waals surface area contributed by atoms with Gasteiger partial charge >= 0.3 is 0 Å². The summed E-state index contributed by atoms with van der Waals surface area (Å²) in [5, 5.41) is 10.9. The van der Waals surface area contributed by atoms with Crippen LogP contribution in [-0.4, -0.2) is 21.7 Å². The molecule has 5 nitrogen and oxygen atoms in total. The third kappa shape index (κ3) is 3.27. The van der Waals surface area contributed by atoms with Gasteiger partial charge in [-0.3, -0.25) is 9.59 Å². The number of carbonyl (C=O) groups excluding carboxylic acids is 2. The summed E-state index contributed by atoms with van der Waals surface area (Å²) in [5.41, 5.74) is 1.29. The van der Waals surface area contributed by atoms with E-state index < -0.39 is 17.7 Å². The second kappa shape index (κ2) is 7.48. The molecule has 6 heteroatoms. The van der Waals surface area contributed by atoms with Crippen molar-refractivity contribution < 1.29 is 19.1 Å². The first-order valence-electron chi connectivity index (χ1n) is 8.68. The van der Waals surface area contributed by atoms with Crippen LogP contribution in [0.15, 0.2) is 87.5 Å². The van der Waals surface area contributed by atoms with Crippen LogP contribution in [0.4, 0.5) is 0 Å². The van der Waals surface area contributed by atoms with Crippen molar-refractivity contribution in [2.24, 2.45) is 0 Å². The van der Waals surface area contributed by atoms with E-state index in [0.29, 0.717) is 11.3 Å². The van der Waals surface area contributed by atoms with E-state index in [1.807, 2.05) is 30.3 Å². The molecule has 140 valence electrons. The SMILES string of the molecule is O=C1C(=O)N(Cc2ccco2)C(c2ccc(Br)cc2)/C1=C(/O)c1ccccc1. The maximum Gasteiger partial charge on any atom is 0.296 e. The van der Waals surface area contributed by atoms with Crippen molar-refractivity contribution in [3.05, 3.63) is 99.9 Å².